The lowest BCUT2D eigenvalue weighted by atomic mass is 10.2. The average molecular weight is 230 g/mol. The molecule has 1 unspecified atom stereocenters. The molecule has 0 fully saturated rings. The van der Waals surface area contributed by atoms with Crippen LogP contribution in [0, 0.1) is 11.6 Å². The van der Waals surface area contributed by atoms with Gasteiger partial charge in [-0.3, -0.25) is 4.79 Å². The number of carbonyl (C=O) groups excluding carboxylic acids is 1. The van der Waals surface area contributed by atoms with Gasteiger partial charge in [-0.2, -0.15) is 0 Å². The number of rotatable bonds is 5. The zero-order valence-electron chi connectivity index (χ0n) is 9.00. The zero-order chi connectivity index (χ0) is 12.1. The summed E-state index contributed by atoms with van der Waals surface area (Å²) in [5.74, 6) is -2.29. The normalized spacial score (nSPS) is 12.2. The van der Waals surface area contributed by atoms with Crippen LogP contribution in [0.1, 0.15) is 17.3 Å². The summed E-state index contributed by atoms with van der Waals surface area (Å²) in [6.45, 7) is 1.74. The molecular weight excluding hydrogens is 218 g/mol. The zero-order valence-corrected chi connectivity index (χ0v) is 9.00. The Morgan fingerprint density at radius 2 is 1.94 bits per heavy atom. The number of carbonyl (C=O) groups is 1. The van der Waals surface area contributed by atoms with Crippen molar-refractivity contribution in [2.45, 2.75) is 13.0 Å². The average Bonchev–Trinajstić information content (AvgIpc) is 2.27. The van der Waals surface area contributed by atoms with Crippen LogP contribution in [0.3, 0.4) is 0 Å². The van der Waals surface area contributed by atoms with Crippen molar-refractivity contribution in [1.29, 1.82) is 0 Å². The Balaban J connectivity index is 2.84. The molecule has 1 rings (SSSR count). The lowest BCUT2D eigenvalue weighted by Gasteiger charge is -2.12. The summed E-state index contributed by atoms with van der Waals surface area (Å²) < 4.78 is 36.4. The van der Waals surface area contributed by atoms with E-state index in [9.17, 15) is 13.6 Å². The third-order valence-corrected chi connectivity index (χ3v) is 2.02. The summed E-state index contributed by atoms with van der Waals surface area (Å²) in [5.41, 5.74) is -0.0675. The smallest absolute Gasteiger partial charge is 0.190 e. The summed E-state index contributed by atoms with van der Waals surface area (Å²) in [5, 5.41) is 0. The largest absolute Gasteiger partial charge is 0.485 e. The summed E-state index contributed by atoms with van der Waals surface area (Å²) in [7, 11) is 1.47. The lowest BCUT2D eigenvalue weighted by Crippen LogP contribution is -2.17. The van der Waals surface area contributed by atoms with Crippen molar-refractivity contribution < 1.29 is 23.0 Å². The van der Waals surface area contributed by atoms with Crippen molar-refractivity contribution in [3.8, 4) is 5.75 Å². The first kappa shape index (κ1) is 12.6. The Hall–Kier alpha value is -1.49. The van der Waals surface area contributed by atoms with E-state index in [-0.39, 0.29) is 18.3 Å². The predicted octanol–water partition coefficient (Wildman–Crippen LogP) is 2.19. The second-order valence-electron chi connectivity index (χ2n) is 3.29. The van der Waals surface area contributed by atoms with E-state index < -0.39 is 17.4 Å². The monoisotopic (exact) mass is 230 g/mol. The van der Waals surface area contributed by atoms with E-state index >= 15 is 0 Å². The molecule has 0 radical (unpaired) electrons. The quantitative estimate of drug-likeness (QED) is 0.727. The second-order valence-corrected chi connectivity index (χ2v) is 3.29. The summed E-state index contributed by atoms with van der Waals surface area (Å²) >= 11 is 0. The highest BCUT2D eigenvalue weighted by molar-refractivity contribution is 5.75. The molecule has 0 aliphatic rings. The Morgan fingerprint density at radius 3 is 2.38 bits per heavy atom. The molecule has 1 aromatic carbocycles. The fourth-order valence-corrected chi connectivity index (χ4v) is 1.05. The van der Waals surface area contributed by atoms with Crippen LogP contribution in [0.15, 0.2) is 12.1 Å². The first-order chi connectivity index (χ1) is 7.58. The fourth-order valence-electron chi connectivity index (χ4n) is 1.05. The van der Waals surface area contributed by atoms with Crippen LogP contribution in [-0.4, -0.2) is 26.1 Å². The maximum absolute atomic E-state index is 13.3. The molecule has 0 bridgehead atoms. The van der Waals surface area contributed by atoms with Crippen molar-refractivity contribution in [3.05, 3.63) is 29.3 Å². The van der Waals surface area contributed by atoms with Crippen molar-refractivity contribution >= 4 is 6.29 Å². The van der Waals surface area contributed by atoms with Gasteiger partial charge < -0.3 is 9.47 Å². The summed E-state index contributed by atoms with van der Waals surface area (Å²) in [4.78, 5) is 10.3. The van der Waals surface area contributed by atoms with Gasteiger partial charge in [0.25, 0.3) is 0 Å². The van der Waals surface area contributed by atoms with Gasteiger partial charge in [0.15, 0.2) is 17.4 Å². The molecule has 88 valence electrons. The SMILES string of the molecule is COC(C)COc1c(F)cc(C=O)cc1F. The van der Waals surface area contributed by atoms with Gasteiger partial charge in [0.2, 0.25) is 0 Å². The molecule has 16 heavy (non-hydrogen) atoms. The molecule has 0 spiro atoms. The molecule has 0 amide bonds. The van der Waals surface area contributed by atoms with E-state index in [4.69, 9.17) is 9.47 Å². The number of benzene rings is 1. The van der Waals surface area contributed by atoms with E-state index in [0.29, 0.717) is 6.29 Å². The molecule has 0 aliphatic heterocycles. The lowest BCUT2D eigenvalue weighted by molar-refractivity contribution is 0.0685. The van der Waals surface area contributed by atoms with E-state index in [1.54, 1.807) is 6.92 Å². The minimum absolute atomic E-state index is 0.0325. The van der Waals surface area contributed by atoms with Crippen molar-refractivity contribution in [3.63, 3.8) is 0 Å². The molecule has 0 aromatic heterocycles. The molecule has 1 atom stereocenters. The molecule has 0 aliphatic carbocycles. The highest BCUT2D eigenvalue weighted by Gasteiger charge is 2.13. The topological polar surface area (TPSA) is 35.5 Å². The van der Waals surface area contributed by atoms with Crippen LogP contribution in [0.5, 0.6) is 5.75 Å². The van der Waals surface area contributed by atoms with E-state index in [2.05, 4.69) is 0 Å². The van der Waals surface area contributed by atoms with Gasteiger partial charge in [-0.05, 0) is 19.1 Å². The molecule has 1 aromatic rings. The molecule has 0 N–H and O–H groups in total. The van der Waals surface area contributed by atoms with Crippen LogP contribution in [0.2, 0.25) is 0 Å². The van der Waals surface area contributed by atoms with Crippen LogP contribution in [0.25, 0.3) is 0 Å². The van der Waals surface area contributed by atoms with E-state index in [1.165, 1.54) is 7.11 Å². The van der Waals surface area contributed by atoms with Gasteiger partial charge in [0.1, 0.15) is 12.9 Å². The van der Waals surface area contributed by atoms with Crippen LogP contribution in [-0.2, 0) is 4.74 Å². The molecular formula is C11H12F2O3. The Morgan fingerprint density at radius 1 is 1.38 bits per heavy atom. The van der Waals surface area contributed by atoms with Crippen LogP contribution < -0.4 is 4.74 Å². The molecule has 0 saturated heterocycles. The van der Waals surface area contributed by atoms with Gasteiger partial charge >= 0.3 is 0 Å². The van der Waals surface area contributed by atoms with Gasteiger partial charge in [-0.1, -0.05) is 0 Å². The number of hydrogen-bond donors (Lipinski definition) is 0. The van der Waals surface area contributed by atoms with E-state index in [0.717, 1.165) is 12.1 Å². The molecule has 0 heterocycles. The predicted molar refractivity (Wildman–Crippen MR) is 53.7 cm³/mol. The number of methoxy groups -OCH3 is 1. The minimum Gasteiger partial charge on any atom is -0.485 e. The summed E-state index contributed by atoms with van der Waals surface area (Å²) in [6, 6.07) is 1.84. The number of aldehydes is 1. The standard InChI is InChI=1S/C11H12F2O3/c1-7(15-2)6-16-11-9(12)3-8(5-14)4-10(11)13/h3-5,7H,6H2,1-2H3. The highest BCUT2D eigenvalue weighted by Crippen LogP contribution is 2.22. The van der Waals surface area contributed by atoms with Crippen molar-refractivity contribution in [1.82, 2.24) is 0 Å². The molecule has 5 heteroatoms. The van der Waals surface area contributed by atoms with Gasteiger partial charge in [0, 0.05) is 12.7 Å². The molecule has 0 saturated carbocycles. The number of hydrogen-bond acceptors (Lipinski definition) is 3. The Labute approximate surface area is 92.0 Å². The van der Waals surface area contributed by atoms with Gasteiger partial charge in [-0.15, -0.1) is 0 Å². The number of halogens is 2. The van der Waals surface area contributed by atoms with Crippen molar-refractivity contribution in [2.75, 3.05) is 13.7 Å². The first-order valence-electron chi connectivity index (χ1n) is 4.68. The summed E-state index contributed by atoms with van der Waals surface area (Å²) in [6.07, 6.45) is 0.0952. The van der Waals surface area contributed by atoms with Gasteiger partial charge in [-0.25, -0.2) is 8.78 Å². The van der Waals surface area contributed by atoms with Crippen LogP contribution >= 0.6 is 0 Å². The second kappa shape index (κ2) is 5.55. The maximum atomic E-state index is 13.3. The van der Waals surface area contributed by atoms with E-state index in [1.807, 2.05) is 0 Å². The highest BCUT2D eigenvalue weighted by atomic mass is 19.1. The van der Waals surface area contributed by atoms with Gasteiger partial charge in [0.05, 0.1) is 6.10 Å². The Bertz CT molecular complexity index is 356. The first-order valence-corrected chi connectivity index (χ1v) is 4.68. The maximum Gasteiger partial charge on any atom is 0.190 e. The third-order valence-electron chi connectivity index (χ3n) is 2.02. The van der Waals surface area contributed by atoms with Crippen molar-refractivity contribution in [2.24, 2.45) is 0 Å². The number of ether oxygens (including phenoxy) is 2. The minimum atomic E-state index is -0.898. The Kier molecular flexibility index (Phi) is 4.37. The van der Waals surface area contributed by atoms with Crippen LogP contribution in [0.4, 0.5) is 8.78 Å². The fraction of sp³-hybridized carbons (Fsp3) is 0.364. The molecule has 3 nitrogen and oxygen atoms in total. The third kappa shape index (κ3) is 3.00.